The molecule has 1 aromatic carbocycles. The number of hydrogen-bond donors (Lipinski definition) is 1. The van der Waals surface area contributed by atoms with E-state index in [2.05, 4.69) is 4.74 Å². The average Bonchev–Trinajstić information content (AvgIpc) is 2.66. The Morgan fingerprint density at radius 1 is 1.56 bits per heavy atom. The Morgan fingerprint density at radius 2 is 2.39 bits per heavy atom. The largest absolute Gasteiger partial charge is 0.492 e. The van der Waals surface area contributed by atoms with E-state index >= 15 is 0 Å². The maximum Gasteiger partial charge on any atom is 0.175 e. The number of halogens is 1. The topological polar surface area (TPSA) is 55.4 Å². The number of nitrogens with one attached hydrogen (secondary N) is 1. The molecule has 1 N–H and O–H groups in total. The predicted molar refractivity (Wildman–Crippen MR) is 68.2 cm³/mol. The second kappa shape index (κ2) is 6.70. The summed E-state index contributed by atoms with van der Waals surface area (Å²) < 4.78 is 178. The lowest BCUT2D eigenvalue weighted by Crippen LogP contribution is -2.21. The summed E-state index contributed by atoms with van der Waals surface area (Å²) in [6, 6.07) is -5.22. The Labute approximate surface area is 132 Å². The lowest BCUT2D eigenvalue weighted by molar-refractivity contribution is 0.312. The van der Waals surface area contributed by atoms with Crippen molar-refractivity contribution in [2.24, 2.45) is 0 Å². The van der Waals surface area contributed by atoms with Gasteiger partial charge in [-0.25, -0.2) is 12.8 Å². The van der Waals surface area contributed by atoms with E-state index in [4.69, 9.17) is 24.7 Å². The zero-order valence-corrected chi connectivity index (χ0v) is 9.27. The summed E-state index contributed by atoms with van der Waals surface area (Å²) in [5, 5.41) is -1.09. The summed E-state index contributed by atoms with van der Waals surface area (Å²) in [6.45, 7) is -16.3. The van der Waals surface area contributed by atoms with E-state index in [0.29, 0.717) is 0 Å². The molecule has 0 aliphatic carbocycles. The molecule has 18 heavy (non-hydrogen) atoms. The van der Waals surface area contributed by atoms with Crippen LogP contribution in [0.15, 0.2) is 23.0 Å². The van der Waals surface area contributed by atoms with Crippen molar-refractivity contribution in [1.82, 2.24) is 5.31 Å². The van der Waals surface area contributed by atoms with Crippen LogP contribution in [0.4, 0.5) is 4.39 Å². The average molecular weight is 293 g/mol. The van der Waals surface area contributed by atoms with Crippen LogP contribution in [0, 0.1) is 5.82 Å². The Morgan fingerprint density at radius 3 is 3.11 bits per heavy atom. The molecular formula is C12H18FNO3S. The molecule has 1 rings (SSSR count). The van der Waals surface area contributed by atoms with Crippen LogP contribution in [-0.2, 0) is 9.84 Å². The maximum absolute atomic E-state index is 14.4. The molecule has 0 aliphatic heterocycles. The smallest absolute Gasteiger partial charge is 0.175 e. The fourth-order valence-corrected chi connectivity index (χ4v) is 1.19. The first kappa shape index (κ1) is 3.49. The van der Waals surface area contributed by atoms with Gasteiger partial charge in [0.25, 0.3) is 0 Å². The van der Waals surface area contributed by atoms with Gasteiger partial charge in [0.1, 0.15) is 19.5 Å². The van der Waals surface area contributed by atoms with Crippen LogP contribution < -0.4 is 10.0 Å². The van der Waals surface area contributed by atoms with Crippen molar-refractivity contribution in [3.05, 3.63) is 23.9 Å². The predicted octanol–water partition coefficient (Wildman–Crippen LogP) is 1.61. The summed E-state index contributed by atoms with van der Waals surface area (Å²) in [5.74, 6) is -3.87. The normalized spacial score (nSPS) is 31.0. The minimum Gasteiger partial charge on any atom is -0.492 e. The third-order valence-electron chi connectivity index (χ3n) is 1.31. The van der Waals surface area contributed by atoms with Gasteiger partial charge < -0.3 is 10.0 Å². The second-order valence-electron chi connectivity index (χ2n) is 2.52. The van der Waals surface area contributed by atoms with Crippen molar-refractivity contribution in [2.75, 3.05) is 25.7 Å². The number of rotatable bonds is 7. The summed E-state index contributed by atoms with van der Waals surface area (Å²) in [5.41, 5.74) is 0. The van der Waals surface area contributed by atoms with Gasteiger partial charge in [0.2, 0.25) is 0 Å². The molecule has 4 nitrogen and oxygen atoms in total. The van der Waals surface area contributed by atoms with E-state index in [0.717, 1.165) is 0 Å². The molecule has 0 saturated carbocycles. The van der Waals surface area contributed by atoms with Crippen LogP contribution in [0.5, 0.6) is 5.75 Å². The highest BCUT2D eigenvalue weighted by Crippen LogP contribution is 2.19. The molecule has 0 heterocycles. The van der Waals surface area contributed by atoms with Crippen molar-refractivity contribution in [1.29, 1.82) is 0 Å². The monoisotopic (exact) mass is 293 g/mol. The molecule has 0 spiro atoms. The highest BCUT2D eigenvalue weighted by Gasteiger charge is 2.10. The van der Waals surface area contributed by atoms with Gasteiger partial charge in [-0.15, -0.1) is 0 Å². The molecule has 1 aromatic rings. The van der Waals surface area contributed by atoms with Crippen LogP contribution in [-0.4, -0.2) is 34.2 Å². The lowest BCUT2D eigenvalue weighted by Gasteiger charge is -2.08. The minimum absolute atomic E-state index is 1.09. The Balaban J connectivity index is 3.79. The van der Waals surface area contributed by atoms with Gasteiger partial charge in [0, 0.05) is 35.2 Å². The zero-order chi connectivity index (χ0) is 29.2. The van der Waals surface area contributed by atoms with Gasteiger partial charge in [-0.1, -0.05) is 6.85 Å². The molecule has 0 aromatic heterocycles. The van der Waals surface area contributed by atoms with Crippen LogP contribution in [0.2, 0.25) is 1.41 Å². The molecule has 0 bridgehead atoms. The summed E-state index contributed by atoms with van der Waals surface area (Å²) in [6.07, 6.45) is -7.96. The van der Waals surface area contributed by atoms with E-state index in [1.54, 1.807) is 0 Å². The molecule has 0 amide bonds. The lowest BCUT2D eigenvalue weighted by atomic mass is 10.3. The highest BCUT2D eigenvalue weighted by molar-refractivity contribution is 7.90. The van der Waals surface area contributed by atoms with E-state index in [-0.39, 0.29) is 0 Å². The molecule has 0 fully saturated rings. The molecule has 0 saturated heterocycles. The van der Waals surface area contributed by atoms with Crippen LogP contribution in [0.3, 0.4) is 0 Å². The van der Waals surface area contributed by atoms with Crippen molar-refractivity contribution < 1.29 is 42.3 Å². The van der Waals surface area contributed by atoms with Crippen molar-refractivity contribution in [3.63, 3.8) is 0 Å². The molecular weight excluding hydrogens is 257 g/mol. The number of hydrogen-bond acceptors (Lipinski definition) is 4. The van der Waals surface area contributed by atoms with Crippen LogP contribution in [0.1, 0.15) is 36.5 Å². The van der Waals surface area contributed by atoms with E-state index in [9.17, 15) is 12.8 Å². The second-order valence-corrected chi connectivity index (χ2v) is 3.93. The van der Waals surface area contributed by atoms with Crippen molar-refractivity contribution in [2.45, 2.75) is 18.1 Å². The van der Waals surface area contributed by atoms with Gasteiger partial charge in [0.05, 0.1) is 11.7 Å². The summed E-state index contributed by atoms with van der Waals surface area (Å²) in [7, 11) is -5.68. The molecule has 0 atom stereocenters. The van der Waals surface area contributed by atoms with E-state index < -0.39 is 88.7 Å². The highest BCUT2D eigenvalue weighted by atomic mass is 32.2. The first-order chi connectivity index (χ1) is 15.5. The zero-order valence-electron chi connectivity index (χ0n) is 26.5. The number of benzene rings is 1. The third-order valence-corrected chi connectivity index (χ3v) is 2.05. The van der Waals surface area contributed by atoms with Gasteiger partial charge in [-0.2, -0.15) is 0 Å². The molecule has 6 heteroatoms. The van der Waals surface area contributed by atoms with E-state index in [1.807, 2.05) is 0 Å². The van der Waals surface area contributed by atoms with E-state index in [1.165, 1.54) is 0 Å². The van der Waals surface area contributed by atoms with Gasteiger partial charge in [-0.05, 0) is 25.0 Å². The third kappa shape index (κ3) is 5.01. The molecule has 102 valence electrons. The molecule has 0 radical (unpaired) electrons. The molecule has 0 aliphatic rings. The summed E-state index contributed by atoms with van der Waals surface area (Å²) in [4.78, 5) is -1.86. The van der Waals surface area contributed by atoms with Crippen molar-refractivity contribution >= 4 is 9.84 Å². The van der Waals surface area contributed by atoms with Crippen LogP contribution >= 0.6 is 0 Å². The molecule has 0 unspecified atom stereocenters. The first-order valence-electron chi connectivity index (χ1n) is 13.0. The van der Waals surface area contributed by atoms with Gasteiger partial charge in [-0.3, -0.25) is 0 Å². The standard InChI is InChI=1S/C12H18FNO3S/c1-3-4-14-5-6-17-11-7-10(13)8-12(9-11)18(2,15)16/h7-9,14H,3-6H2,1-2H3/i1D3,2D3,3D2,4D2,5D2,6D2,7D,8D,9D/hD. The number of sulfone groups is 1. The fraction of sp³-hybridized carbons (Fsp3) is 0.500. The SMILES string of the molecule is [2H]c1c(F)c([2H])c(S(=O)(=O)C([2H])([2H])[2H])c([2H])c1OC([2H])([2H])C([2H])([2H])N([2H])C([2H])([2H])C([2H])([2H])C([2H])([2H])[2H]. The van der Waals surface area contributed by atoms with Crippen molar-refractivity contribution in [3.8, 4) is 5.75 Å². The summed E-state index contributed by atoms with van der Waals surface area (Å²) >= 11 is 0. The number of ether oxygens (including phenoxy) is 1. The Hall–Kier alpha value is -1.14. The van der Waals surface area contributed by atoms with Gasteiger partial charge >= 0.3 is 0 Å². The van der Waals surface area contributed by atoms with Crippen LogP contribution in [0.25, 0.3) is 0 Å². The quantitative estimate of drug-likeness (QED) is 0.830. The Kier molecular flexibility index (Phi) is 1.30. The Bertz CT molecular complexity index is 1130. The van der Waals surface area contributed by atoms with Gasteiger partial charge in [0.15, 0.2) is 9.84 Å². The minimum atomic E-state index is -5.68. The first-order valence-corrected chi connectivity index (χ1v) is 5.52. The fourth-order valence-electron chi connectivity index (χ4n) is 0.734. The maximum atomic E-state index is 14.4.